The molecule has 7 nitrogen and oxygen atoms in total. The molecule has 0 unspecified atom stereocenters. The van der Waals surface area contributed by atoms with Crippen molar-refractivity contribution in [1.82, 2.24) is 25.0 Å². The van der Waals surface area contributed by atoms with Crippen molar-refractivity contribution < 1.29 is 9.59 Å². The lowest BCUT2D eigenvalue weighted by Gasteiger charge is -2.15. The lowest BCUT2D eigenvalue weighted by Crippen LogP contribution is -2.31. The summed E-state index contributed by atoms with van der Waals surface area (Å²) in [4.78, 5) is 25.3. The standard InChI is InChI=1S/C15H23N5O2S/c1-11-17-18-15(20(11)12-5-6-12)23-10-13(21)16-7-3-9-19-8-2-4-14(19)22/h12H,2-10H2,1H3,(H,16,21). The lowest BCUT2D eigenvalue weighted by atomic mass is 10.4. The molecule has 0 spiro atoms. The van der Waals surface area contributed by atoms with Crippen molar-refractivity contribution >= 4 is 23.6 Å². The molecule has 23 heavy (non-hydrogen) atoms. The van der Waals surface area contributed by atoms with Crippen molar-refractivity contribution in [3.63, 3.8) is 0 Å². The summed E-state index contributed by atoms with van der Waals surface area (Å²) in [5.41, 5.74) is 0. The van der Waals surface area contributed by atoms with Crippen LogP contribution in [0.3, 0.4) is 0 Å². The Morgan fingerprint density at radius 2 is 2.22 bits per heavy atom. The molecule has 8 heteroatoms. The maximum absolute atomic E-state index is 11.9. The van der Waals surface area contributed by atoms with Gasteiger partial charge in [-0.3, -0.25) is 9.59 Å². The molecule has 0 atom stereocenters. The first-order valence-corrected chi connectivity index (χ1v) is 9.22. The maximum atomic E-state index is 11.9. The Labute approximate surface area is 140 Å². The number of hydrogen-bond acceptors (Lipinski definition) is 5. The summed E-state index contributed by atoms with van der Waals surface area (Å²) in [7, 11) is 0. The molecule has 1 N–H and O–H groups in total. The van der Waals surface area contributed by atoms with Crippen molar-refractivity contribution in [3.05, 3.63) is 5.82 Å². The molecule has 1 aliphatic heterocycles. The molecule has 0 aromatic carbocycles. The fourth-order valence-corrected chi connectivity index (χ4v) is 3.70. The predicted octanol–water partition coefficient (Wildman–Crippen LogP) is 1.14. The number of nitrogens with one attached hydrogen (secondary N) is 1. The fraction of sp³-hybridized carbons (Fsp3) is 0.733. The number of hydrogen-bond donors (Lipinski definition) is 1. The van der Waals surface area contributed by atoms with Gasteiger partial charge in [0.25, 0.3) is 0 Å². The van der Waals surface area contributed by atoms with E-state index in [9.17, 15) is 9.59 Å². The largest absolute Gasteiger partial charge is 0.355 e. The van der Waals surface area contributed by atoms with E-state index in [0.717, 1.165) is 36.9 Å². The molecule has 2 amide bonds. The van der Waals surface area contributed by atoms with Crippen molar-refractivity contribution in [2.45, 2.75) is 50.2 Å². The number of nitrogens with zero attached hydrogens (tertiary/aromatic N) is 4. The number of rotatable bonds is 8. The first-order valence-electron chi connectivity index (χ1n) is 8.24. The number of amides is 2. The van der Waals surface area contributed by atoms with Gasteiger partial charge in [-0.05, 0) is 32.6 Å². The van der Waals surface area contributed by atoms with Gasteiger partial charge < -0.3 is 14.8 Å². The number of carbonyl (C=O) groups excluding carboxylic acids is 2. The molecule has 1 saturated carbocycles. The van der Waals surface area contributed by atoms with E-state index in [4.69, 9.17) is 0 Å². The minimum atomic E-state index is 0.00532. The molecule has 0 bridgehead atoms. The van der Waals surface area contributed by atoms with Gasteiger partial charge in [-0.2, -0.15) is 0 Å². The molecule has 3 rings (SSSR count). The summed E-state index contributed by atoms with van der Waals surface area (Å²) in [6.07, 6.45) is 4.79. The van der Waals surface area contributed by atoms with Gasteiger partial charge in [0.15, 0.2) is 5.16 Å². The van der Waals surface area contributed by atoms with Gasteiger partial charge in [0.05, 0.1) is 5.75 Å². The van der Waals surface area contributed by atoms with Crippen LogP contribution in [0.25, 0.3) is 0 Å². The quantitative estimate of drug-likeness (QED) is 0.568. The zero-order valence-corrected chi connectivity index (χ0v) is 14.3. The number of likely N-dealkylation sites (tertiary alicyclic amines) is 1. The van der Waals surface area contributed by atoms with Crippen molar-refractivity contribution in [3.8, 4) is 0 Å². The van der Waals surface area contributed by atoms with E-state index in [0.29, 0.717) is 24.8 Å². The Morgan fingerprint density at radius 1 is 1.39 bits per heavy atom. The van der Waals surface area contributed by atoms with Crippen molar-refractivity contribution in [2.75, 3.05) is 25.4 Å². The van der Waals surface area contributed by atoms with Crippen LogP contribution in [-0.2, 0) is 9.59 Å². The number of aromatic nitrogens is 3. The highest BCUT2D eigenvalue weighted by Gasteiger charge is 2.28. The van der Waals surface area contributed by atoms with Crippen LogP contribution in [-0.4, -0.2) is 56.9 Å². The molecule has 126 valence electrons. The van der Waals surface area contributed by atoms with Gasteiger partial charge in [0.1, 0.15) is 5.82 Å². The van der Waals surface area contributed by atoms with Crippen LogP contribution in [0.15, 0.2) is 5.16 Å². The molecule has 0 radical (unpaired) electrons. The monoisotopic (exact) mass is 337 g/mol. The highest BCUT2D eigenvalue weighted by Crippen LogP contribution is 2.38. The summed E-state index contributed by atoms with van der Waals surface area (Å²) in [5.74, 6) is 1.52. The van der Waals surface area contributed by atoms with Gasteiger partial charge in [0, 0.05) is 32.1 Å². The van der Waals surface area contributed by atoms with Crippen LogP contribution in [0, 0.1) is 6.92 Å². The molecule has 1 aromatic heterocycles. The van der Waals surface area contributed by atoms with Gasteiger partial charge in [-0.25, -0.2) is 0 Å². The van der Waals surface area contributed by atoms with E-state index in [2.05, 4.69) is 20.1 Å². The topological polar surface area (TPSA) is 80.1 Å². The second-order valence-corrected chi connectivity index (χ2v) is 7.05. The van der Waals surface area contributed by atoms with Crippen LogP contribution < -0.4 is 5.32 Å². The first kappa shape index (κ1) is 16.3. The number of carbonyl (C=O) groups is 2. The molecule has 1 saturated heterocycles. The molecular formula is C15H23N5O2S. The smallest absolute Gasteiger partial charge is 0.230 e. The van der Waals surface area contributed by atoms with Crippen molar-refractivity contribution in [2.24, 2.45) is 0 Å². The molecule has 2 fully saturated rings. The average Bonchev–Trinajstić information content (AvgIpc) is 3.18. The minimum absolute atomic E-state index is 0.00532. The van der Waals surface area contributed by atoms with E-state index in [1.54, 1.807) is 0 Å². The van der Waals surface area contributed by atoms with E-state index >= 15 is 0 Å². The van der Waals surface area contributed by atoms with Gasteiger partial charge in [-0.15, -0.1) is 10.2 Å². The molecular weight excluding hydrogens is 314 g/mol. The fourth-order valence-electron chi connectivity index (χ4n) is 2.82. The molecule has 1 aromatic rings. The Kier molecular flexibility index (Phi) is 5.20. The summed E-state index contributed by atoms with van der Waals surface area (Å²) in [6, 6.07) is 0.522. The van der Waals surface area contributed by atoms with E-state index in [1.807, 2.05) is 11.8 Å². The Morgan fingerprint density at radius 3 is 2.91 bits per heavy atom. The highest BCUT2D eigenvalue weighted by atomic mass is 32.2. The van der Waals surface area contributed by atoms with Gasteiger partial charge in [-0.1, -0.05) is 11.8 Å². The second kappa shape index (κ2) is 7.33. The van der Waals surface area contributed by atoms with Crippen LogP contribution in [0.4, 0.5) is 0 Å². The van der Waals surface area contributed by atoms with Gasteiger partial charge >= 0.3 is 0 Å². The van der Waals surface area contributed by atoms with E-state index in [-0.39, 0.29) is 11.8 Å². The Bertz CT molecular complexity index is 584. The van der Waals surface area contributed by atoms with E-state index < -0.39 is 0 Å². The number of aryl methyl sites for hydroxylation is 1. The summed E-state index contributed by atoms with van der Waals surface area (Å²) in [6.45, 7) is 4.16. The van der Waals surface area contributed by atoms with Crippen LogP contribution in [0.2, 0.25) is 0 Å². The van der Waals surface area contributed by atoms with Crippen LogP contribution in [0.5, 0.6) is 0 Å². The predicted molar refractivity (Wildman–Crippen MR) is 87.2 cm³/mol. The van der Waals surface area contributed by atoms with E-state index in [1.165, 1.54) is 24.6 Å². The SMILES string of the molecule is Cc1nnc(SCC(=O)NCCCN2CCCC2=O)n1C1CC1. The Hall–Kier alpha value is -1.57. The van der Waals surface area contributed by atoms with Crippen LogP contribution >= 0.6 is 11.8 Å². The normalized spacial score (nSPS) is 17.8. The third kappa shape index (κ3) is 4.25. The zero-order valence-electron chi connectivity index (χ0n) is 13.5. The minimum Gasteiger partial charge on any atom is -0.355 e. The second-order valence-electron chi connectivity index (χ2n) is 6.11. The lowest BCUT2D eigenvalue weighted by molar-refractivity contribution is -0.127. The zero-order chi connectivity index (χ0) is 16.2. The van der Waals surface area contributed by atoms with Gasteiger partial charge in [0.2, 0.25) is 11.8 Å². The highest BCUT2D eigenvalue weighted by molar-refractivity contribution is 7.99. The number of thioether (sulfide) groups is 1. The molecule has 2 aliphatic rings. The maximum Gasteiger partial charge on any atom is 0.230 e. The Balaban J connectivity index is 1.34. The third-order valence-corrected chi connectivity index (χ3v) is 5.12. The summed E-state index contributed by atoms with van der Waals surface area (Å²) >= 11 is 1.44. The molecule has 2 heterocycles. The molecule has 1 aliphatic carbocycles. The van der Waals surface area contributed by atoms with Crippen LogP contribution in [0.1, 0.15) is 44.0 Å². The third-order valence-electron chi connectivity index (χ3n) is 4.18. The average molecular weight is 337 g/mol. The summed E-state index contributed by atoms with van der Waals surface area (Å²) < 4.78 is 2.14. The first-order chi connectivity index (χ1) is 11.1. The summed E-state index contributed by atoms with van der Waals surface area (Å²) in [5, 5.41) is 12.0. The van der Waals surface area contributed by atoms with Crippen molar-refractivity contribution in [1.29, 1.82) is 0 Å².